The smallest absolute Gasteiger partial charge is 0.251 e. The normalized spacial score (nSPS) is 11.2. The number of nitrogens with zero attached hydrogens (tertiary/aromatic N) is 2. The Bertz CT molecular complexity index is 717. The van der Waals surface area contributed by atoms with E-state index in [-0.39, 0.29) is 23.8 Å². The number of aryl methyl sites for hydroxylation is 1. The molecule has 6 nitrogen and oxygen atoms in total. The van der Waals surface area contributed by atoms with E-state index in [9.17, 15) is 9.59 Å². The minimum Gasteiger partial charge on any atom is -0.343 e. The Hall–Kier alpha value is -2.28. The Labute approximate surface area is 145 Å². The number of rotatable bonds is 5. The van der Waals surface area contributed by atoms with Gasteiger partial charge in [-0.15, -0.1) is 10.2 Å². The zero-order chi connectivity index (χ0) is 17.7. The number of carbonyl (C=O) groups is 2. The Morgan fingerprint density at radius 3 is 2.33 bits per heavy atom. The minimum atomic E-state index is -0.325. The number of aromatic nitrogens is 2. The second kappa shape index (κ2) is 7.53. The predicted molar refractivity (Wildman–Crippen MR) is 95.4 cm³/mol. The van der Waals surface area contributed by atoms with Crippen LogP contribution in [0.4, 0.5) is 5.13 Å². The maximum Gasteiger partial charge on any atom is 0.251 e. The summed E-state index contributed by atoms with van der Waals surface area (Å²) in [7, 11) is 0. The molecule has 0 spiro atoms. The molecule has 128 valence electrons. The van der Waals surface area contributed by atoms with Crippen LogP contribution in [0, 0.1) is 0 Å². The van der Waals surface area contributed by atoms with Crippen LogP contribution >= 0.6 is 11.3 Å². The highest BCUT2D eigenvalue weighted by Crippen LogP contribution is 2.22. The molecule has 0 saturated heterocycles. The maximum absolute atomic E-state index is 12.1. The molecule has 0 atom stereocenters. The third-order valence-electron chi connectivity index (χ3n) is 3.44. The molecule has 2 amide bonds. The van der Waals surface area contributed by atoms with Crippen molar-refractivity contribution >= 4 is 28.3 Å². The number of hydrogen-bond acceptors (Lipinski definition) is 5. The van der Waals surface area contributed by atoms with Gasteiger partial charge in [-0.1, -0.05) is 51.2 Å². The van der Waals surface area contributed by atoms with E-state index in [0.29, 0.717) is 10.7 Å². The van der Waals surface area contributed by atoms with Crippen molar-refractivity contribution in [1.29, 1.82) is 0 Å². The average Bonchev–Trinajstić information content (AvgIpc) is 2.99. The van der Waals surface area contributed by atoms with Gasteiger partial charge in [-0.25, -0.2) is 0 Å². The molecule has 0 saturated carbocycles. The third kappa shape index (κ3) is 4.86. The molecule has 2 aromatic rings. The van der Waals surface area contributed by atoms with E-state index in [1.807, 2.05) is 19.1 Å². The SMILES string of the molecule is CCc1nnc(NC(=O)CNC(=O)c2ccc(C(C)(C)C)cc2)s1. The molecule has 1 aromatic carbocycles. The van der Waals surface area contributed by atoms with Crippen LogP contribution in [0.1, 0.15) is 48.6 Å². The van der Waals surface area contributed by atoms with Crippen molar-refractivity contribution in [3.05, 3.63) is 40.4 Å². The van der Waals surface area contributed by atoms with Gasteiger partial charge in [0.2, 0.25) is 11.0 Å². The summed E-state index contributed by atoms with van der Waals surface area (Å²) >= 11 is 1.33. The number of benzene rings is 1. The van der Waals surface area contributed by atoms with Gasteiger partial charge in [-0.2, -0.15) is 0 Å². The Kier molecular flexibility index (Phi) is 5.66. The standard InChI is InChI=1S/C17H22N4O2S/c1-5-14-20-21-16(24-14)19-13(22)10-18-15(23)11-6-8-12(9-7-11)17(2,3)4/h6-9H,5,10H2,1-4H3,(H,18,23)(H,19,21,22). The Morgan fingerprint density at radius 1 is 1.12 bits per heavy atom. The van der Waals surface area contributed by atoms with E-state index >= 15 is 0 Å². The van der Waals surface area contributed by atoms with E-state index in [2.05, 4.69) is 41.6 Å². The average molecular weight is 346 g/mol. The number of nitrogens with one attached hydrogen (secondary N) is 2. The van der Waals surface area contributed by atoms with Crippen LogP contribution in [0.3, 0.4) is 0 Å². The summed E-state index contributed by atoms with van der Waals surface area (Å²) in [4.78, 5) is 23.9. The van der Waals surface area contributed by atoms with Crippen LogP contribution in [0.5, 0.6) is 0 Å². The Morgan fingerprint density at radius 2 is 1.79 bits per heavy atom. The van der Waals surface area contributed by atoms with Crippen molar-refractivity contribution in [2.75, 3.05) is 11.9 Å². The molecular weight excluding hydrogens is 324 g/mol. The van der Waals surface area contributed by atoms with Gasteiger partial charge in [-0.05, 0) is 29.5 Å². The molecular formula is C17H22N4O2S. The lowest BCUT2D eigenvalue weighted by atomic mass is 9.87. The van der Waals surface area contributed by atoms with E-state index in [1.54, 1.807) is 12.1 Å². The monoisotopic (exact) mass is 346 g/mol. The van der Waals surface area contributed by atoms with E-state index in [1.165, 1.54) is 11.3 Å². The molecule has 24 heavy (non-hydrogen) atoms. The van der Waals surface area contributed by atoms with E-state index in [0.717, 1.165) is 17.0 Å². The van der Waals surface area contributed by atoms with Crippen molar-refractivity contribution in [2.24, 2.45) is 0 Å². The topological polar surface area (TPSA) is 84.0 Å². The molecule has 0 bridgehead atoms. The Balaban J connectivity index is 1.87. The van der Waals surface area contributed by atoms with Gasteiger partial charge < -0.3 is 5.32 Å². The number of hydrogen-bond donors (Lipinski definition) is 2. The summed E-state index contributed by atoms with van der Waals surface area (Å²) in [6.07, 6.45) is 0.773. The zero-order valence-corrected chi connectivity index (χ0v) is 15.2. The molecule has 2 rings (SSSR count). The third-order valence-corrected chi connectivity index (χ3v) is 4.42. The van der Waals surface area contributed by atoms with Crippen molar-refractivity contribution < 1.29 is 9.59 Å². The fourth-order valence-corrected chi connectivity index (χ4v) is 2.69. The zero-order valence-electron chi connectivity index (χ0n) is 14.3. The van der Waals surface area contributed by atoms with Gasteiger partial charge >= 0.3 is 0 Å². The van der Waals surface area contributed by atoms with Crippen LogP contribution in [-0.2, 0) is 16.6 Å². The van der Waals surface area contributed by atoms with Gasteiger partial charge in [0.05, 0.1) is 6.54 Å². The fraction of sp³-hybridized carbons (Fsp3) is 0.412. The molecule has 0 aliphatic rings. The molecule has 0 unspecified atom stereocenters. The summed E-state index contributed by atoms with van der Waals surface area (Å²) in [6.45, 7) is 8.20. The summed E-state index contributed by atoms with van der Waals surface area (Å²) in [5, 5.41) is 14.3. The van der Waals surface area contributed by atoms with E-state index in [4.69, 9.17) is 0 Å². The largest absolute Gasteiger partial charge is 0.343 e. The molecule has 0 aliphatic heterocycles. The highest BCUT2D eigenvalue weighted by atomic mass is 32.1. The van der Waals surface area contributed by atoms with Gasteiger partial charge in [0.25, 0.3) is 5.91 Å². The quantitative estimate of drug-likeness (QED) is 0.872. The van der Waals surface area contributed by atoms with Gasteiger partial charge in [0.15, 0.2) is 0 Å². The van der Waals surface area contributed by atoms with Crippen molar-refractivity contribution in [3.63, 3.8) is 0 Å². The first-order valence-corrected chi connectivity index (χ1v) is 8.62. The van der Waals surface area contributed by atoms with Crippen LogP contribution in [0.15, 0.2) is 24.3 Å². The number of carbonyl (C=O) groups excluding carboxylic acids is 2. The number of anilines is 1. The first kappa shape index (κ1) is 18.1. The lowest BCUT2D eigenvalue weighted by Gasteiger charge is -2.19. The highest BCUT2D eigenvalue weighted by Gasteiger charge is 2.15. The minimum absolute atomic E-state index is 0.0357. The fourth-order valence-electron chi connectivity index (χ4n) is 1.99. The second-order valence-electron chi connectivity index (χ2n) is 6.41. The van der Waals surface area contributed by atoms with Crippen molar-refractivity contribution in [3.8, 4) is 0 Å². The first-order valence-electron chi connectivity index (χ1n) is 7.80. The molecule has 7 heteroatoms. The van der Waals surface area contributed by atoms with Crippen LogP contribution in [-0.4, -0.2) is 28.6 Å². The molecule has 1 heterocycles. The maximum atomic E-state index is 12.1. The highest BCUT2D eigenvalue weighted by molar-refractivity contribution is 7.15. The molecule has 1 aromatic heterocycles. The second-order valence-corrected chi connectivity index (χ2v) is 7.47. The predicted octanol–water partition coefficient (Wildman–Crippen LogP) is 2.77. The van der Waals surface area contributed by atoms with Crippen molar-refractivity contribution in [2.45, 2.75) is 39.5 Å². The van der Waals surface area contributed by atoms with Gasteiger partial charge in [0.1, 0.15) is 5.01 Å². The van der Waals surface area contributed by atoms with Crippen LogP contribution in [0.25, 0.3) is 0 Å². The summed E-state index contributed by atoms with van der Waals surface area (Å²) in [5.41, 5.74) is 1.72. The van der Waals surface area contributed by atoms with Crippen LogP contribution in [0.2, 0.25) is 0 Å². The van der Waals surface area contributed by atoms with Crippen molar-refractivity contribution in [1.82, 2.24) is 15.5 Å². The van der Waals surface area contributed by atoms with E-state index < -0.39 is 0 Å². The lowest BCUT2D eigenvalue weighted by Crippen LogP contribution is -2.32. The van der Waals surface area contributed by atoms with Gasteiger partial charge in [0, 0.05) is 5.56 Å². The number of amides is 2. The molecule has 0 radical (unpaired) electrons. The molecule has 0 fully saturated rings. The van der Waals surface area contributed by atoms with Gasteiger partial charge in [-0.3, -0.25) is 14.9 Å². The summed E-state index contributed by atoms with van der Waals surface area (Å²) < 4.78 is 0. The summed E-state index contributed by atoms with van der Waals surface area (Å²) in [6, 6.07) is 7.41. The molecule has 2 N–H and O–H groups in total. The molecule has 0 aliphatic carbocycles. The summed E-state index contributed by atoms with van der Waals surface area (Å²) in [5.74, 6) is -0.606. The lowest BCUT2D eigenvalue weighted by molar-refractivity contribution is -0.115. The first-order chi connectivity index (χ1) is 11.3. The van der Waals surface area contributed by atoms with Crippen LogP contribution < -0.4 is 10.6 Å².